The summed E-state index contributed by atoms with van der Waals surface area (Å²) >= 11 is 6.78. The Bertz CT molecular complexity index is 1090. The van der Waals surface area contributed by atoms with E-state index in [0.29, 0.717) is 48.3 Å². The molecular formula is C25H31ClN2O7. The van der Waals surface area contributed by atoms with Crippen molar-refractivity contribution in [3.8, 4) is 11.5 Å². The number of esters is 1. The summed E-state index contributed by atoms with van der Waals surface area (Å²) in [6.07, 6.45) is 1.44. The van der Waals surface area contributed by atoms with E-state index < -0.39 is 35.1 Å². The van der Waals surface area contributed by atoms with Crippen LogP contribution in [0.3, 0.4) is 0 Å². The second kappa shape index (κ2) is 8.75. The van der Waals surface area contributed by atoms with Crippen LogP contribution < -0.4 is 14.8 Å². The number of rotatable bonds is 4. The summed E-state index contributed by atoms with van der Waals surface area (Å²) in [5.74, 6) is -1.12. The SMILES string of the molecule is [C-]#[N+]C1(c2c(Cl)c3c(c(C)c2C(=O)OC)OC(C)([C@@H]2CC[C@@H](NC(=O)OC(C)(C)C)CO2)O3)CC1. The number of ether oxygens (including phenoxy) is 5. The van der Waals surface area contributed by atoms with E-state index in [1.54, 1.807) is 34.6 Å². The first-order chi connectivity index (χ1) is 16.3. The minimum absolute atomic E-state index is 0.198. The van der Waals surface area contributed by atoms with Gasteiger partial charge in [-0.3, -0.25) is 0 Å². The van der Waals surface area contributed by atoms with Crippen LogP contribution in [-0.4, -0.2) is 49.3 Å². The second-order valence-corrected chi connectivity index (χ2v) is 10.8. The largest absolute Gasteiger partial charge is 0.465 e. The van der Waals surface area contributed by atoms with Gasteiger partial charge in [0.2, 0.25) is 0 Å². The number of nitrogens with one attached hydrogen (secondary N) is 1. The molecule has 1 aromatic carbocycles. The summed E-state index contributed by atoms with van der Waals surface area (Å²) in [4.78, 5) is 28.6. The summed E-state index contributed by atoms with van der Waals surface area (Å²) in [6, 6.07) is -0.204. The molecule has 2 fully saturated rings. The molecule has 1 N–H and O–H groups in total. The van der Waals surface area contributed by atoms with Gasteiger partial charge in [0, 0.05) is 25.3 Å². The molecule has 1 aliphatic carbocycles. The van der Waals surface area contributed by atoms with E-state index in [9.17, 15) is 9.59 Å². The van der Waals surface area contributed by atoms with E-state index in [1.807, 2.05) is 0 Å². The highest BCUT2D eigenvalue weighted by molar-refractivity contribution is 6.34. The number of alkyl carbamates (subject to hydrolysis) is 1. The van der Waals surface area contributed by atoms with Crippen molar-refractivity contribution in [3.05, 3.63) is 33.1 Å². The van der Waals surface area contributed by atoms with Crippen LogP contribution >= 0.6 is 11.6 Å². The first kappa shape index (κ1) is 25.4. The van der Waals surface area contributed by atoms with Crippen LogP contribution in [0.5, 0.6) is 11.5 Å². The molecule has 1 saturated carbocycles. The summed E-state index contributed by atoms with van der Waals surface area (Å²) in [5.41, 5.74) is -0.228. The van der Waals surface area contributed by atoms with Gasteiger partial charge in [-0.15, -0.1) is 0 Å². The number of nitrogens with zero attached hydrogens (tertiary/aromatic N) is 1. The van der Waals surface area contributed by atoms with E-state index in [2.05, 4.69) is 10.2 Å². The lowest BCUT2D eigenvalue weighted by molar-refractivity contribution is -0.185. The lowest BCUT2D eigenvalue weighted by Crippen LogP contribution is -2.54. The van der Waals surface area contributed by atoms with Crippen molar-refractivity contribution in [1.82, 2.24) is 5.32 Å². The van der Waals surface area contributed by atoms with Crippen LogP contribution in [0.4, 0.5) is 4.79 Å². The molecule has 1 saturated heterocycles. The van der Waals surface area contributed by atoms with Crippen LogP contribution in [0, 0.1) is 13.5 Å². The molecule has 35 heavy (non-hydrogen) atoms. The van der Waals surface area contributed by atoms with Gasteiger partial charge in [0.05, 0.1) is 35.9 Å². The standard InChI is InChI=1S/C25H31ClN2O7/c1-13-16(21(29)31-7)17(25(27-6)10-11-25)18(26)20-19(13)33-24(5,34-20)15-9-8-14(12-32-15)28-22(30)35-23(2,3)4/h14-15H,8-12H2,1-5,7H3,(H,28,30)/t14-,15+,24?/m1/s1. The maximum atomic E-state index is 12.7. The zero-order chi connectivity index (χ0) is 25.8. The third kappa shape index (κ3) is 4.62. The van der Waals surface area contributed by atoms with Crippen molar-refractivity contribution in [2.24, 2.45) is 0 Å². The van der Waals surface area contributed by atoms with Gasteiger partial charge in [0.25, 0.3) is 11.3 Å². The van der Waals surface area contributed by atoms with E-state index in [1.165, 1.54) is 7.11 Å². The smallest absolute Gasteiger partial charge is 0.407 e. The summed E-state index contributed by atoms with van der Waals surface area (Å²) in [6.45, 7) is 16.9. The number of carbonyl (C=O) groups excluding carboxylic acids is 2. The third-order valence-corrected chi connectivity index (χ3v) is 6.93. The Morgan fingerprint density at radius 3 is 2.37 bits per heavy atom. The van der Waals surface area contributed by atoms with Gasteiger partial charge in [0.1, 0.15) is 11.7 Å². The van der Waals surface area contributed by atoms with Gasteiger partial charge < -0.3 is 33.8 Å². The van der Waals surface area contributed by atoms with Gasteiger partial charge >= 0.3 is 12.1 Å². The molecule has 0 spiro atoms. The summed E-state index contributed by atoms with van der Waals surface area (Å²) < 4.78 is 28.9. The van der Waals surface area contributed by atoms with Crippen LogP contribution in [0.2, 0.25) is 5.02 Å². The average molecular weight is 507 g/mol. The molecule has 2 heterocycles. The minimum atomic E-state index is -1.20. The number of amides is 1. The first-order valence-corrected chi connectivity index (χ1v) is 12.0. The fraction of sp³-hybridized carbons (Fsp3) is 0.640. The quantitative estimate of drug-likeness (QED) is 0.458. The third-order valence-electron chi connectivity index (χ3n) is 6.57. The highest BCUT2D eigenvalue weighted by Crippen LogP contribution is 2.59. The highest BCUT2D eigenvalue weighted by Gasteiger charge is 2.59. The molecule has 1 unspecified atom stereocenters. The average Bonchev–Trinajstić information content (AvgIpc) is 3.49. The maximum Gasteiger partial charge on any atom is 0.407 e. The fourth-order valence-electron chi connectivity index (χ4n) is 4.65. The Kier molecular flexibility index (Phi) is 6.35. The number of carbonyl (C=O) groups is 2. The number of benzene rings is 1. The van der Waals surface area contributed by atoms with Gasteiger partial charge in [-0.05, 0) is 40.5 Å². The van der Waals surface area contributed by atoms with Crippen molar-refractivity contribution < 1.29 is 33.3 Å². The predicted octanol–water partition coefficient (Wildman–Crippen LogP) is 4.90. The van der Waals surface area contributed by atoms with Crippen molar-refractivity contribution in [3.63, 3.8) is 0 Å². The normalized spacial score (nSPS) is 26.5. The van der Waals surface area contributed by atoms with Crippen LogP contribution in [0.15, 0.2) is 0 Å². The minimum Gasteiger partial charge on any atom is -0.465 e. The Morgan fingerprint density at radius 1 is 1.20 bits per heavy atom. The van der Waals surface area contributed by atoms with E-state index in [0.717, 1.165) is 0 Å². The van der Waals surface area contributed by atoms with Crippen molar-refractivity contribution in [2.45, 2.75) is 89.4 Å². The molecular weight excluding hydrogens is 476 g/mol. The molecule has 3 atom stereocenters. The first-order valence-electron chi connectivity index (χ1n) is 11.7. The monoisotopic (exact) mass is 506 g/mol. The molecule has 190 valence electrons. The fourth-order valence-corrected chi connectivity index (χ4v) is 5.04. The second-order valence-electron chi connectivity index (χ2n) is 10.4. The molecule has 0 bridgehead atoms. The van der Waals surface area contributed by atoms with Crippen LogP contribution in [-0.2, 0) is 19.7 Å². The van der Waals surface area contributed by atoms with Gasteiger partial charge in [-0.1, -0.05) is 11.6 Å². The van der Waals surface area contributed by atoms with Crippen LogP contribution in [0.25, 0.3) is 4.85 Å². The molecule has 1 aromatic rings. The van der Waals surface area contributed by atoms with Gasteiger partial charge in [-0.2, -0.15) is 0 Å². The lowest BCUT2D eigenvalue weighted by atomic mass is 9.93. The van der Waals surface area contributed by atoms with E-state index in [4.69, 9.17) is 41.9 Å². The van der Waals surface area contributed by atoms with E-state index in [-0.39, 0.29) is 23.2 Å². The number of fused-ring (bicyclic) bond motifs is 1. The zero-order valence-corrected chi connectivity index (χ0v) is 21.6. The number of methoxy groups -OCH3 is 1. The molecule has 2 aliphatic heterocycles. The Hall–Kier alpha value is -2.70. The maximum absolute atomic E-state index is 12.7. The molecule has 1 amide bonds. The number of hydrogen-bond donors (Lipinski definition) is 1. The van der Waals surface area contributed by atoms with Gasteiger partial charge in [-0.25, -0.2) is 16.2 Å². The Balaban J connectivity index is 1.55. The van der Waals surface area contributed by atoms with Crippen molar-refractivity contribution in [2.75, 3.05) is 13.7 Å². The molecule has 0 aromatic heterocycles. The number of hydrogen-bond acceptors (Lipinski definition) is 7. The Labute approximate surface area is 210 Å². The Morgan fingerprint density at radius 2 is 1.86 bits per heavy atom. The summed E-state index contributed by atoms with van der Waals surface area (Å²) in [5, 5.41) is 3.03. The van der Waals surface area contributed by atoms with Crippen molar-refractivity contribution >= 4 is 23.7 Å². The summed E-state index contributed by atoms with van der Waals surface area (Å²) in [7, 11) is 1.29. The van der Waals surface area contributed by atoms with E-state index >= 15 is 0 Å². The topological polar surface area (TPSA) is 96.7 Å². The van der Waals surface area contributed by atoms with Crippen molar-refractivity contribution in [1.29, 1.82) is 0 Å². The highest BCUT2D eigenvalue weighted by atomic mass is 35.5. The molecule has 0 radical (unpaired) electrons. The predicted molar refractivity (Wildman–Crippen MR) is 127 cm³/mol. The van der Waals surface area contributed by atoms with Gasteiger partial charge in [0.15, 0.2) is 11.5 Å². The molecule has 9 nitrogen and oxygen atoms in total. The molecule has 3 aliphatic rings. The molecule has 4 rings (SSSR count). The zero-order valence-electron chi connectivity index (χ0n) is 20.9. The van der Waals surface area contributed by atoms with Crippen LogP contribution in [0.1, 0.15) is 74.9 Å². The lowest BCUT2D eigenvalue weighted by Gasteiger charge is -2.37. The molecule has 10 heteroatoms. The number of halogens is 1.